The summed E-state index contributed by atoms with van der Waals surface area (Å²) < 4.78 is 4.82. The summed E-state index contributed by atoms with van der Waals surface area (Å²) in [4.78, 5) is 36.5. The quantitative estimate of drug-likeness (QED) is 0.538. The Morgan fingerprint density at radius 1 is 1.29 bits per heavy atom. The molecule has 0 heterocycles. The molecule has 2 amide bonds. The SMILES string of the molecule is C=CCN(CC(=O)OCC)C(=O)CCNC(=O)C(C)(C)C. The highest BCUT2D eigenvalue weighted by atomic mass is 16.5. The van der Waals surface area contributed by atoms with Crippen LogP contribution in [-0.2, 0) is 19.1 Å². The molecule has 0 aromatic carbocycles. The molecule has 0 atom stereocenters. The normalized spacial score (nSPS) is 10.7. The Hall–Kier alpha value is -1.85. The fourth-order valence-corrected chi connectivity index (χ4v) is 1.48. The van der Waals surface area contributed by atoms with Crippen molar-refractivity contribution in [2.45, 2.75) is 34.1 Å². The molecule has 0 aromatic rings. The maximum absolute atomic E-state index is 12.0. The van der Waals surface area contributed by atoms with E-state index < -0.39 is 11.4 Å². The van der Waals surface area contributed by atoms with Crippen molar-refractivity contribution >= 4 is 17.8 Å². The number of esters is 1. The minimum Gasteiger partial charge on any atom is -0.465 e. The van der Waals surface area contributed by atoms with Crippen LogP contribution in [0.1, 0.15) is 34.1 Å². The summed E-state index contributed by atoms with van der Waals surface area (Å²) in [6.07, 6.45) is 1.68. The molecule has 0 aliphatic heterocycles. The van der Waals surface area contributed by atoms with E-state index >= 15 is 0 Å². The van der Waals surface area contributed by atoms with Gasteiger partial charge in [0.1, 0.15) is 6.54 Å². The molecule has 0 aliphatic carbocycles. The van der Waals surface area contributed by atoms with Crippen molar-refractivity contribution < 1.29 is 19.1 Å². The fourth-order valence-electron chi connectivity index (χ4n) is 1.48. The van der Waals surface area contributed by atoms with E-state index in [1.165, 1.54) is 4.90 Å². The topological polar surface area (TPSA) is 75.7 Å². The van der Waals surface area contributed by atoms with Gasteiger partial charge in [-0.05, 0) is 6.92 Å². The Balaban J connectivity index is 4.33. The molecule has 0 saturated heterocycles. The lowest BCUT2D eigenvalue weighted by atomic mass is 9.96. The van der Waals surface area contributed by atoms with Gasteiger partial charge in [0.05, 0.1) is 6.61 Å². The molecular weight excluding hydrogens is 272 g/mol. The molecule has 0 spiro atoms. The second-order valence-corrected chi connectivity index (χ2v) is 5.62. The molecule has 0 rings (SSSR count). The summed E-state index contributed by atoms with van der Waals surface area (Å²) in [5.41, 5.74) is -0.491. The third-order valence-corrected chi connectivity index (χ3v) is 2.63. The summed E-state index contributed by atoms with van der Waals surface area (Å²) >= 11 is 0. The van der Waals surface area contributed by atoms with Crippen molar-refractivity contribution in [3.8, 4) is 0 Å². The average Bonchev–Trinajstić information content (AvgIpc) is 2.37. The lowest BCUT2D eigenvalue weighted by Gasteiger charge is -2.21. The van der Waals surface area contributed by atoms with Gasteiger partial charge in [-0.25, -0.2) is 0 Å². The fraction of sp³-hybridized carbons (Fsp3) is 0.667. The summed E-state index contributed by atoms with van der Waals surface area (Å²) in [5.74, 6) is -0.792. The van der Waals surface area contributed by atoms with E-state index in [1.54, 1.807) is 33.8 Å². The zero-order valence-corrected chi connectivity index (χ0v) is 13.4. The van der Waals surface area contributed by atoms with E-state index in [0.717, 1.165) is 0 Å². The van der Waals surface area contributed by atoms with E-state index in [9.17, 15) is 14.4 Å². The molecule has 0 radical (unpaired) electrons. The smallest absolute Gasteiger partial charge is 0.325 e. The predicted octanol–water partition coefficient (Wildman–Crippen LogP) is 1.12. The van der Waals surface area contributed by atoms with Crippen LogP contribution in [-0.4, -0.2) is 48.9 Å². The van der Waals surface area contributed by atoms with Crippen LogP contribution in [0.3, 0.4) is 0 Å². The van der Waals surface area contributed by atoms with Gasteiger partial charge in [0.15, 0.2) is 0 Å². The summed E-state index contributed by atoms with van der Waals surface area (Å²) in [7, 11) is 0. The van der Waals surface area contributed by atoms with Gasteiger partial charge >= 0.3 is 5.97 Å². The maximum atomic E-state index is 12.0. The van der Waals surface area contributed by atoms with Crippen molar-refractivity contribution in [2.24, 2.45) is 5.41 Å². The Bertz CT molecular complexity index is 386. The van der Waals surface area contributed by atoms with Crippen molar-refractivity contribution in [2.75, 3.05) is 26.2 Å². The number of hydrogen-bond acceptors (Lipinski definition) is 4. The Morgan fingerprint density at radius 3 is 2.38 bits per heavy atom. The molecule has 120 valence electrons. The van der Waals surface area contributed by atoms with E-state index in [-0.39, 0.29) is 44.5 Å². The van der Waals surface area contributed by atoms with Crippen LogP contribution in [0.25, 0.3) is 0 Å². The lowest BCUT2D eigenvalue weighted by Crippen LogP contribution is -2.40. The second kappa shape index (κ2) is 9.15. The highest BCUT2D eigenvalue weighted by Gasteiger charge is 2.21. The standard InChI is InChI=1S/C15H26N2O4/c1-6-10-17(11-13(19)21-7-2)12(18)8-9-16-14(20)15(3,4)5/h6H,1,7-11H2,2-5H3,(H,16,20). The first-order valence-corrected chi connectivity index (χ1v) is 7.05. The van der Waals surface area contributed by atoms with Gasteiger partial charge in [-0.2, -0.15) is 0 Å². The minimum atomic E-state index is -0.491. The first kappa shape index (κ1) is 19.1. The number of carbonyl (C=O) groups excluding carboxylic acids is 3. The first-order chi connectivity index (χ1) is 9.72. The van der Waals surface area contributed by atoms with Crippen LogP contribution in [0.2, 0.25) is 0 Å². The highest BCUT2D eigenvalue weighted by molar-refractivity contribution is 5.84. The van der Waals surface area contributed by atoms with Gasteiger partial charge in [0.2, 0.25) is 11.8 Å². The van der Waals surface area contributed by atoms with E-state index in [2.05, 4.69) is 11.9 Å². The predicted molar refractivity (Wildman–Crippen MR) is 80.5 cm³/mol. The molecule has 0 fully saturated rings. The van der Waals surface area contributed by atoms with E-state index in [0.29, 0.717) is 0 Å². The highest BCUT2D eigenvalue weighted by Crippen LogP contribution is 2.12. The van der Waals surface area contributed by atoms with Crippen LogP contribution in [0.4, 0.5) is 0 Å². The maximum Gasteiger partial charge on any atom is 0.325 e. The Morgan fingerprint density at radius 2 is 1.90 bits per heavy atom. The summed E-state index contributed by atoms with van der Waals surface area (Å²) in [6, 6.07) is 0. The van der Waals surface area contributed by atoms with Crippen LogP contribution in [0.5, 0.6) is 0 Å². The zero-order chi connectivity index (χ0) is 16.5. The van der Waals surface area contributed by atoms with Crippen molar-refractivity contribution in [1.82, 2.24) is 10.2 Å². The van der Waals surface area contributed by atoms with Gasteiger partial charge in [-0.3, -0.25) is 14.4 Å². The van der Waals surface area contributed by atoms with Gasteiger partial charge in [0.25, 0.3) is 0 Å². The number of amides is 2. The number of hydrogen-bond donors (Lipinski definition) is 1. The molecular formula is C15H26N2O4. The third kappa shape index (κ3) is 8.12. The Labute approximate surface area is 126 Å². The second-order valence-electron chi connectivity index (χ2n) is 5.62. The Kier molecular flexibility index (Phi) is 8.35. The molecule has 6 nitrogen and oxygen atoms in total. The molecule has 21 heavy (non-hydrogen) atoms. The average molecular weight is 298 g/mol. The monoisotopic (exact) mass is 298 g/mol. The lowest BCUT2D eigenvalue weighted by molar-refractivity contribution is -0.148. The van der Waals surface area contributed by atoms with Gasteiger partial charge in [0, 0.05) is 24.9 Å². The van der Waals surface area contributed by atoms with Crippen molar-refractivity contribution in [1.29, 1.82) is 0 Å². The summed E-state index contributed by atoms with van der Waals surface area (Å²) in [6.45, 7) is 11.4. The van der Waals surface area contributed by atoms with Crippen LogP contribution >= 0.6 is 0 Å². The molecule has 0 aliphatic rings. The third-order valence-electron chi connectivity index (χ3n) is 2.63. The van der Waals surface area contributed by atoms with E-state index in [1.807, 2.05) is 0 Å². The van der Waals surface area contributed by atoms with Gasteiger partial charge < -0.3 is 15.0 Å². The number of nitrogens with one attached hydrogen (secondary N) is 1. The summed E-state index contributed by atoms with van der Waals surface area (Å²) in [5, 5.41) is 2.70. The van der Waals surface area contributed by atoms with Gasteiger partial charge in [-0.1, -0.05) is 26.8 Å². The van der Waals surface area contributed by atoms with Crippen LogP contribution in [0, 0.1) is 5.41 Å². The largest absolute Gasteiger partial charge is 0.465 e. The number of ether oxygens (including phenoxy) is 1. The molecule has 0 unspecified atom stereocenters. The van der Waals surface area contributed by atoms with E-state index in [4.69, 9.17) is 4.74 Å². The molecule has 0 bridgehead atoms. The number of nitrogens with zero attached hydrogens (tertiary/aromatic N) is 1. The minimum absolute atomic E-state index is 0.105. The number of carbonyl (C=O) groups is 3. The van der Waals surface area contributed by atoms with Crippen molar-refractivity contribution in [3.05, 3.63) is 12.7 Å². The van der Waals surface area contributed by atoms with Crippen LogP contribution < -0.4 is 5.32 Å². The molecule has 6 heteroatoms. The molecule has 0 saturated carbocycles. The molecule has 0 aromatic heterocycles. The van der Waals surface area contributed by atoms with Crippen LogP contribution in [0.15, 0.2) is 12.7 Å². The molecule has 1 N–H and O–H groups in total. The number of rotatable bonds is 8. The zero-order valence-electron chi connectivity index (χ0n) is 13.4. The van der Waals surface area contributed by atoms with Crippen molar-refractivity contribution in [3.63, 3.8) is 0 Å². The van der Waals surface area contributed by atoms with Gasteiger partial charge in [-0.15, -0.1) is 6.58 Å². The first-order valence-electron chi connectivity index (χ1n) is 7.05.